The molecule has 0 aliphatic heterocycles. The average molecular weight is 371 g/mol. The standard InChI is InChI=1S/C21H37NO4/c1-5-6-7-8-9-10-11-12-13-14-15-16-21(25)26-19(17-20(23)24)18-22(2,3)4/h13-16,19H,5-12,17-18H2,1-4H3/b14-13+,16-15+/t19-/m1/s1/i2+1,3+1,4+1. The number of quaternary nitrogens is 1. The van der Waals surface area contributed by atoms with Crippen LogP contribution in [-0.4, -0.2) is 50.2 Å². The molecule has 150 valence electrons. The van der Waals surface area contributed by atoms with Gasteiger partial charge in [0.2, 0.25) is 0 Å². The molecular formula is C21H37NO4. The first kappa shape index (κ1) is 24.4. The number of hydrogen-bond acceptors (Lipinski definition) is 4. The molecule has 0 fully saturated rings. The topological polar surface area (TPSA) is 66.4 Å². The number of aliphatic carboxylic acids is 1. The lowest BCUT2D eigenvalue weighted by Crippen LogP contribution is -2.45. The summed E-state index contributed by atoms with van der Waals surface area (Å²) in [5.74, 6) is -1.74. The third kappa shape index (κ3) is 17.2. The molecule has 0 bridgehead atoms. The second kappa shape index (κ2) is 14.5. The molecule has 0 aromatic heterocycles. The van der Waals surface area contributed by atoms with Crippen LogP contribution >= 0.6 is 0 Å². The lowest BCUT2D eigenvalue weighted by atomic mass is 10.1. The van der Waals surface area contributed by atoms with Crippen LogP contribution in [0.4, 0.5) is 0 Å². The molecular weight excluding hydrogens is 333 g/mol. The summed E-state index contributed by atoms with van der Waals surface area (Å²) in [6.07, 6.45) is 15.9. The van der Waals surface area contributed by atoms with Gasteiger partial charge in [-0.3, -0.25) is 0 Å². The third-order valence-corrected chi connectivity index (χ3v) is 3.88. The van der Waals surface area contributed by atoms with E-state index in [2.05, 4.69) is 6.92 Å². The molecule has 0 aromatic rings. The number of carbonyl (C=O) groups excluding carboxylic acids is 2. The van der Waals surface area contributed by atoms with Crippen LogP contribution in [0.1, 0.15) is 64.7 Å². The fourth-order valence-electron chi connectivity index (χ4n) is 2.67. The van der Waals surface area contributed by atoms with E-state index in [0.29, 0.717) is 11.0 Å². The smallest absolute Gasteiger partial charge is 0.331 e. The zero-order chi connectivity index (χ0) is 19.8. The zero-order valence-corrected chi connectivity index (χ0v) is 17.0. The number of hydrogen-bond donors (Lipinski definition) is 0. The highest BCUT2D eigenvalue weighted by Gasteiger charge is 2.21. The number of allylic oxidation sites excluding steroid dienone is 3. The molecule has 0 spiro atoms. The Hall–Kier alpha value is -1.62. The first-order valence-corrected chi connectivity index (χ1v) is 9.78. The number of unbranched alkanes of at least 4 members (excludes halogenated alkanes) is 7. The maximum absolute atomic E-state index is 11.8. The minimum Gasteiger partial charge on any atom is -0.550 e. The number of esters is 1. The van der Waals surface area contributed by atoms with Gasteiger partial charge in [0, 0.05) is 18.5 Å². The van der Waals surface area contributed by atoms with Crippen LogP contribution in [0, 0.1) is 0 Å². The van der Waals surface area contributed by atoms with Crippen molar-refractivity contribution in [3.05, 3.63) is 24.3 Å². The van der Waals surface area contributed by atoms with Crippen molar-refractivity contribution in [2.75, 3.05) is 27.7 Å². The summed E-state index contributed by atoms with van der Waals surface area (Å²) in [6.45, 7) is 2.64. The fraction of sp³-hybridized carbons (Fsp3) is 0.714. The van der Waals surface area contributed by atoms with Crippen molar-refractivity contribution in [1.82, 2.24) is 0 Å². The molecule has 0 saturated carbocycles. The van der Waals surface area contributed by atoms with E-state index in [9.17, 15) is 14.7 Å². The minimum atomic E-state index is -1.21. The van der Waals surface area contributed by atoms with Gasteiger partial charge in [0.15, 0.2) is 6.10 Å². The number of nitrogens with zero attached hydrogens (tertiary/aromatic N) is 1. The lowest BCUT2D eigenvalue weighted by molar-refractivity contribution is -0.873. The van der Waals surface area contributed by atoms with Crippen molar-refractivity contribution in [2.24, 2.45) is 0 Å². The highest BCUT2D eigenvalue weighted by Crippen LogP contribution is 2.09. The van der Waals surface area contributed by atoms with Gasteiger partial charge in [-0.25, -0.2) is 4.79 Å². The summed E-state index contributed by atoms with van der Waals surface area (Å²) in [6, 6.07) is 0. The van der Waals surface area contributed by atoms with Crippen molar-refractivity contribution >= 4 is 11.9 Å². The molecule has 0 saturated heterocycles. The molecule has 0 N–H and O–H groups in total. The van der Waals surface area contributed by atoms with E-state index in [-0.39, 0.29) is 6.42 Å². The van der Waals surface area contributed by atoms with Crippen molar-refractivity contribution in [3.8, 4) is 0 Å². The van der Waals surface area contributed by atoms with E-state index in [1.54, 1.807) is 6.08 Å². The molecule has 1 atom stereocenters. The first-order valence-electron chi connectivity index (χ1n) is 9.78. The van der Waals surface area contributed by atoms with E-state index < -0.39 is 18.0 Å². The van der Waals surface area contributed by atoms with Gasteiger partial charge in [0.05, 0.1) is 21.1 Å². The Bertz CT molecular complexity index is 449. The Labute approximate surface area is 159 Å². The van der Waals surface area contributed by atoms with E-state index in [1.165, 1.54) is 44.6 Å². The molecule has 0 aliphatic rings. The molecule has 0 rings (SSSR count). The molecule has 0 amide bonds. The van der Waals surface area contributed by atoms with Gasteiger partial charge >= 0.3 is 5.97 Å². The van der Waals surface area contributed by atoms with Crippen molar-refractivity contribution < 1.29 is 23.9 Å². The van der Waals surface area contributed by atoms with Crippen LogP contribution in [0.2, 0.25) is 0 Å². The number of likely N-dealkylation sites (N-methyl/N-ethyl adjacent to an activating group) is 1. The Morgan fingerprint density at radius 2 is 1.62 bits per heavy atom. The Morgan fingerprint density at radius 3 is 2.19 bits per heavy atom. The van der Waals surface area contributed by atoms with Crippen LogP contribution in [0.25, 0.3) is 0 Å². The van der Waals surface area contributed by atoms with Gasteiger partial charge in [-0.05, 0) is 12.8 Å². The quantitative estimate of drug-likeness (QED) is 0.111. The van der Waals surface area contributed by atoms with Gasteiger partial charge in [0.1, 0.15) is 6.54 Å². The van der Waals surface area contributed by atoms with Gasteiger partial charge in [0.25, 0.3) is 0 Å². The molecule has 26 heavy (non-hydrogen) atoms. The van der Waals surface area contributed by atoms with E-state index in [1.807, 2.05) is 33.3 Å². The predicted octanol–water partition coefficient (Wildman–Crippen LogP) is 3.00. The van der Waals surface area contributed by atoms with Gasteiger partial charge in [-0.15, -0.1) is 0 Å². The maximum Gasteiger partial charge on any atom is 0.331 e. The molecule has 0 heterocycles. The molecule has 0 unspecified atom stereocenters. The maximum atomic E-state index is 11.8. The summed E-state index contributed by atoms with van der Waals surface area (Å²) < 4.78 is 5.74. The Kier molecular flexibility index (Phi) is 13.6. The monoisotopic (exact) mass is 370 g/mol. The molecule has 5 heteroatoms. The summed E-state index contributed by atoms with van der Waals surface area (Å²) in [5.41, 5.74) is 0. The van der Waals surface area contributed by atoms with Crippen LogP contribution in [0.15, 0.2) is 24.3 Å². The van der Waals surface area contributed by atoms with Crippen molar-refractivity contribution in [1.29, 1.82) is 0 Å². The first-order chi connectivity index (χ1) is 12.2. The highest BCUT2D eigenvalue weighted by atomic mass is 16.5. The van der Waals surface area contributed by atoms with Gasteiger partial charge in [-0.2, -0.15) is 0 Å². The second-order valence-electron chi connectivity index (χ2n) is 7.81. The average Bonchev–Trinajstić information content (AvgIpc) is 2.50. The van der Waals surface area contributed by atoms with Crippen molar-refractivity contribution in [3.63, 3.8) is 0 Å². The number of carbonyl (C=O) groups is 2. The Morgan fingerprint density at radius 1 is 1.00 bits per heavy atom. The summed E-state index contributed by atoms with van der Waals surface area (Å²) >= 11 is 0. The van der Waals surface area contributed by atoms with Crippen LogP contribution < -0.4 is 5.11 Å². The third-order valence-electron chi connectivity index (χ3n) is 3.88. The largest absolute Gasteiger partial charge is 0.550 e. The highest BCUT2D eigenvalue weighted by molar-refractivity contribution is 5.82. The minimum absolute atomic E-state index is 0.288. The number of carboxylic acids is 1. The number of carboxylic acid groups (broad SMARTS) is 1. The number of rotatable bonds is 15. The normalized spacial score (nSPS) is 13.4. The van der Waals surface area contributed by atoms with Gasteiger partial charge in [-0.1, -0.05) is 63.7 Å². The summed E-state index contributed by atoms with van der Waals surface area (Å²) in [4.78, 5) is 22.6. The van der Waals surface area contributed by atoms with Crippen LogP contribution in [0.3, 0.4) is 0 Å². The lowest BCUT2D eigenvalue weighted by Gasteiger charge is -2.28. The van der Waals surface area contributed by atoms with Gasteiger partial charge < -0.3 is 19.1 Å². The molecule has 0 radical (unpaired) electrons. The summed E-state index contributed by atoms with van der Waals surface area (Å²) in [5, 5.41) is 10.8. The molecule has 5 nitrogen and oxygen atoms in total. The molecule has 0 aliphatic carbocycles. The number of ether oxygens (including phenoxy) is 1. The van der Waals surface area contributed by atoms with E-state index in [4.69, 9.17) is 4.74 Å². The van der Waals surface area contributed by atoms with Crippen LogP contribution in [0.5, 0.6) is 0 Å². The fourth-order valence-corrected chi connectivity index (χ4v) is 2.67. The summed E-state index contributed by atoms with van der Waals surface area (Å²) in [7, 11) is 5.75. The second-order valence-corrected chi connectivity index (χ2v) is 7.81. The van der Waals surface area contributed by atoms with E-state index in [0.717, 1.165) is 12.8 Å². The Balaban J connectivity index is 4.02. The van der Waals surface area contributed by atoms with Crippen LogP contribution in [-0.2, 0) is 14.3 Å². The van der Waals surface area contributed by atoms with Crippen molar-refractivity contribution in [2.45, 2.75) is 70.8 Å². The molecule has 0 aromatic carbocycles. The SMILES string of the molecule is CCCCCCCCC/C=C/C=C/C(=O)O[C@H](CC(=O)[O-])C[N+]([13CH3])([13CH3])[13CH3]. The van der Waals surface area contributed by atoms with E-state index >= 15 is 0 Å². The predicted molar refractivity (Wildman–Crippen MR) is 103 cm³/mol. The zero-order valence-electron chi connectivity index (χ0n) is 17.0.